The van der Waals surface area contributed by atoms with Crippen LogP contribution in [0.4, 0.5) is 0 Å². The lowest BCUT2D eigenvalue weighted by Gasteiger charge is -2.47. The smallest absolute Gasteiger partial charge is 0.330 e. The third kappa shape index (κ3) is 7.88. The second-order valence-corrected chi connectivity index (χ2v) is 19.9. The molecule has 0 aliphatic heterocycles. The van der Waals surface area contributed by atoms with Crippen molar-refractivity contribution in [3.05, 3.63) is 36.1 Å². The topological polar surface area (TPSA) is 35.5 Å². The maximum atomic E-state index is 12.0. The van der Waals surface area contributed by atoms with E-state index < -0.39 is 16.1 Å². The maximum absolute atomic E-state index is 12.0. The second kappa shape index (κ2) is 14.8. The first-order valence-corrected chi connectivity index (χ1v) is 17.5. The van der Waals surface area contributed by atoms with Gasteiger partial charge in [0.1, 0.15) is 12.4 Å². The Labute approximate surface area is 189 Å². The molecule has 0 saturated carbocycles. The first-order chi connectivity index (χ1) is 14.3. The van der Waals surface area contributed by atoms with Crippen LogP contribution in [-0.4, -0.2) is 35.3 Å². The first kappa shape index (κ1) is 28.9. The van der Waals surface area contributed by atoms with Gasteiger partial charge in [-0.05, 0) is 36.2 Å². The predicted molar refractivity (Wildman–Crippen MR) is 137 cm³/mol. The molecule has 0 aromatic heterocycles. The van der Waals surface area contributed by atoms with Crippen molar-refractivity contribution in [2.75, 3.05) is 13.2 Å². The van der Waals surface area contributed by atoms with Gasteiger partial charge in [-0.25, -0.2) is 4.79 Å². The van der Waals surface area contributed by atoms with Gasteiger partial charge in [0, 0.05) is 6.08 Å². The molecule has 0 bridgehead atoms. The van der Waals surface area contributed by atoms with Crippen LogP contribution in [0.2, 0.25) is 41.4 Å². The fourth-order valence-corrected chi connectivity index (χ4v) is 20.3. The standard InChI is InChI=1S/C25H48O3Si2/c1-10-22(9)21-28-23(18-19-24(26)27-11-2)20-25(29(12-3,13-4)14-5)30(15-6,16-7)17-8/h18-20,25H,9-17,21H2,1-8H3/b19-18+,23-20-. The average Bonchev–Trinajstić information content (AvgIpc) is 2.78. The highest BCUT2D eigenvalue weighted by molar-refractivity contribution is 7.00. The molecule has 0 aromatic carbocycles. The normalized spacial score (nSPS) is 13.2. The third-order valence-corrected chi connectivity index (χ3v) is 22.6. The van der Waals surface area contributed by atoms with Crippen molar-refractivity contribution in [3.63, 3.8) is 0 Å². The molecule has 5 heteroatoms. The van der Waals surface area contributed by atoms with E-state index in [2.05, 4.69) is 61.1 Å². The van der Waals surface area contributed by atoms with Gasteiger partial charge in [-0.2, -0.15) is 0 Å². The number of allylic oxidation sites excluding steroid dienone is 2. The lowest BCUT2D eigenvalue weighted by Crippen LogP contribution is -2.52. The lowest BCUT2D eigenvalue weighted by atomic mass is 10.2. The van der Waals surface area contributed by atoms with Crippen molar-refractivity contribution in [1.29, 1.82) is 0 Å². The van der Waals surface area contributed by atoms with Gasteiger partial charge in [-0.3, -0.25) is 0 Å². The zero-order valence-corrected chi connectivity index (χ0v) is 23.1. The molecule has 0 aliphatic rings. The minimum absolute atomic E-state index is 0.312. The summed E-state index contributed by atoms with van der Waals surface area (Å²) in [5.74, 6) is 0.509. The highest BCUT2D eigenvalue weighted by Gasteiger charge is 2.47. The van der Waals surface area contributed by atoms with Gasteiger partial charge in [0.25, 0.3) is 0 Å². The summed E-state index contributed by atoms with van der Waals surface area (Å²) in [5.41, 5.74) is 1.07. The number of hydrogen-bond acceptors (Lipinski definition) is 3. The number of esters is 1. The summed E-state index contributed by atoms with van der Waals surface area (Å²) in [6.07, 6.45) is 6.67. The van der Waals surface area contributed by atoms with E-state index in [-0.39, 0.29) is 5.97 Å². The molecule has 0 rings (SSSR count). The largest absolute Gasteiger partial charge is 0.490 e. The van der Waals surface area contributed by atoms with Crippen molar-refractivity contribution in [1.82, 2.24) is 0 Å². The third-order valence-electron chi connectivity index (χ3n) is 7.49. The van der Waals surface area contributed by atoms with Crippen LogP contribution in [0, 0.1) is 0 Å². The SMILES string of the molecule is C=C(CC)COC(=C\C([Si](CC)(CC)CC)[Si](CC)(CC)CC)/C=C/C(=O)OCC. The van der Waals surface area contributed by atoms with Crippen LogP contribution in [0.1, 0.15) is 61.8 Å². The Hall–Kier alpha value is -1.08. The number of carbonyl (C=O) groups excluding carboxylic acids is 1. The van der Waals surface area contributed by atoms with E-state index in [0.717, 1.165) is 17.8 Å². The number of carbonyl (C=O) groups is 1. The molecule has 0 aromatic rings. The van der Waals surface area contributed by atoms with Gasteiger partial charge < -0.3 is 9.47 Å². The molecule has 0 N–H and O–H groups in total. The number of ether oxygens (including phenoxy) is 2. The van der Waals surface area contributed by atoms with Crippen LogP contribution in [0.3, 0.4) is 0 Å². The van der Waals surface area contributed by atoms with Crippen LogP contribution in [0.15, 0.2) is 36.1 Å². The molecule has 0 amide bonds. The molecular formula is C25H48O3Si2. The van der Waals surface area contributed by atoms with Crippen molar-refractivity contribution in [3.8, 4) is 0 Å². The quantitative estimate of drug-likeness (QED) is 0.0596. The summed E-state index contributed by atoms with van der Waals surface area (Å²) >= 11 is 0. The van der Waals surface area contributed by atoms with Gasteiger partial charge in [-0.15, -0.1) is 0 Å². The first-order valence-electron chi connectivity index (χ1n) is 12.1. The summed E-state index contributed by atoms with van der Waals surface area (Å²) in [4.78, 5) is 12.0. The van der Waals surface area contributed by atoms with Crippen LogP contribution < -0.4 is 0 Å². The van der Waals surface area contributed by atoms with Crippen LogP contribution in [0.5, 0.6) is 0 Å². The summed E-state index contributed by atoms with van der Waals surface area (Å²) in [7, 11) is -3.02. The van der Waals surface area contributed by atoms with Crippen molar-refractivity contribution < 1.29 is 14.3 Å². The highest BCUT2D eigenvalue weighted by atomic mass is 28.4. The molecule has 0 unspecified atom stereocenters. The van der Waals surface area contributed by atoms with Crippen LogP contribution >= 0.6 is 0 Å². The van der Waals surface area contributed by atoms with Crippen LogP contribution in [0.25, 0.3) is 0 Å². The second-order valence-electron chi connectivity index (χ2n) is 8.37. The molecule has 174 valence electrons. The molecule has 0 heterocycles. The number of hydrogen-bond donors (Lipinski definition) is 0. The molecule has 3 nitrogen and oxygen atoms in total. The Morgan fingerprint density at radius 1 is 0.800 bits per heavy atom. The van der Waals surface area contributed by atoms with E-state index in [1.54, 1.807) is 0 Å². The summed E-state index contributed by atoms with van der Waals surface area (Å²) in [5, 5.41) is 0.640. The fraction of sp³-hybridized carbons (Fsp3) is 0.720. The predicted octanol–water partition coefficient (Wildman–Crippen LogP) is 7.90. The van der Waals surface area contributed by atoms with E-state index in [1.807, 2.05) is 13.0 Å². The fourth-order valence-electron chi connectivity index (χ4n) is 4.77. The Morgan fingerprint density at radius 3 is 1.63 bits per heavy atom. The molecule has 0 saturated heterocycles. The number of rotatable bonds is 16. The molecule has 0 fully saturated rings. The summed E-state index contributed by atoms with van der Waals surface area (Å²) in [6, 6.07) is 7.79. The maximum Gasteiger partial charge on any atom is 0.330 e. The molecule has 0 aliphatic carbocycles. The van der Waals surface area contributed by atoms with Crippen molar-refractivity contribution >= 4 is 22.1 Å². The Kier molecular flexibility index (Phi) is 14.3. The molecule has 0 atom stereocenters. The van der Waals surface area contributed by atoms with Crippen LogP contribution in [-0.2, 0) is 14.3 Å². The van der Waals surface area contributed by atoms with Gasteiger partial charge in [0.15, 0.2) is 0 Å². The molecular weight excluding hydrogens is 404 g/mol. The Morgan fingerprint density at radius 2 is 1.27 bits per heavy atom. The molecule has 0 radical (unpaired) electrons. The lowest BCUT2D eigenvalue weighted by molar-refractivity contribution is -0.137. The minimum atomic E-state index is -1.51. The van der Waals surface area contributed by atoms with E-state index in [0.29, 0.717) is 18.4 Å². The van der Waals surface area contributed by atoms with E-state index in [1.165, 1.54) is 42.3 Å². The minimum Gasteiger partial charge on any atom is -0.490 e. The van der Waals surface area contributed by atoms with E-state index >= 15 is 0 Å². The monoisotopic (exact) mass is 452 g/mol. The highest BCUT2D eigenvalue weighted by Crippen LogP contribution is 2.46. The van der Waals surface area contributed by atoms with Gasteiger partial charge in [0.2, 0.25) is 0 Å². The Balaban J connectivity index is 6.45. The van der Waals surface area contributed by atoms with E-state index in [9.17, 15) is 4.79 Å². The van der Waals surface area contributed by atoms with Crippen molar-refractivity contribution in [2.45, 2.75) is 103 Å². The van der Waals surface area contributed by atoms with Crippen molar-refractivity contribution in [2.24, 2.45) is 0 Å². The Bertz CT molecular complexity index is 536. The zero-order chi connectivity index (χ0) is 23.2. The summed E-state index contributed by atoms with van der Waals surface area (Å²) in [6.45, 7) is 23.3. The molecule has 0 spiro atoms. The van der Waals surface area contributed by atoms with E-state index in [4.69, 9.17) is 9.47 Å². The summed E-state index contributed by atoms with van der Waals surface area (Å²) < 4.78 is 11.3. The van der Waals surface area contributed by atoms with Gasteiger partial charge in [-0.1, -0.05) is 91.3 Å². The average molecular weight is 453 g/mol. The zero-order valence-electron chi connectivity index (χ0n) is 21.1. The molecule has 30 heavy (non-hydrogen) atoms. The van der Waals surface area contributed by atoms with Gasteiger partial charge in [0.05, 0.1) is 22.8 Å². The van der Waals surface area contributed by atoms with Gasteiger partial charge >= 0.3 is 5.97 Å².